The van der Waals surface area contributed by atoms with Crippen molar-refractivity contribution in [2.45, 2.75) is 18.9 Å². The highest BCUT2D eigenvalue weighted by Crippen LogP contribution is 2.26. The molecule has 7 heteroatoms. The lowest BCUT2D eigenvalue weighted by molar-refractivity contribution is 0.0566. The molecule has 0 unspecified atom stereocenters. The van der Waals surface area contributed by atoms with E-state index in [1.54, 1.807) is 18.3 Å². The Morgan fingerprint density at radius 3 is 2.65 bits per heavy atom. The molecule has 0 aliphatic carbocycles. The van der Waals surface area contributed by atoms with Gasteiger partial charge in [0, 0.05) is 45.6 Å². The summed E-state index contributed by atoms with van der Waals surface area (Å²) >= 11 is 0. The Bertz CT molecular complexity index is 539. The van der Waals surface area contributed by atoms with Gasteiger partial charge in [-0.25, -0.2) is 9.99 Å². The second kappa shape index (κ2) is 7.25. The second-order valence-corrected chi connectivity index (χ2v) is 6.18. The number of hydrogen-bond acceptors (Lipinski definition) is 6. The normalized spacial score (nSPS) is 21.3. The first kappa shape index (κ1) is 16.2. The first-order chi connectivity index (χ1) is 11.2. The minimum atomic E-state index is -0.431. The Morgan fingerprint density at radius 1 is 1.30 bits per heavy atom. The minimum Gasteiger partial charge on any atom is -0.381 e. The molecule has 0 radical (unpaired) electrons. The third kappa shape index (κ3) is 3.63. The molecule has 2 fully saturated rings. The molecule has 0 aromatic carbocycles. The Kier molecular flexibility index (Phi) is 5.09. The topological polar surface area (TPSA) is 74.9 Å². The zero-order valence-corrected chi connectivity index (χ0v) is 13.6. The van der Waals surface area contributed by atoms with Gasteiger partial charge in [0.1, 0.15) is 0 Å². The van der Waals surface area contributed by atoms with Gasteiger partial charge < -0.3 is 15.4 Å². The minimum absolute atomic E-state index is 0.292. The molecule has 0 saturated carbocycles. The zero-order valence-electron chi connectivity index (χ0n) is 13.6. The number of hydrogen-bond donors (Lipinski definition) is 1. The zero-order chi connectivity index (χ0) is 16.2. The Labute approximate surface area is 137 Å². The standard InChI is InChI=1S/C16H25N5O2/c1-19-7-9-20(10-8-19)21(13-4-11-23-12-5-13)16-14(15(17)22)3-2-6-18-16/h2-3,6,13H,4-5,7-12H2,1H3,(H2,17,22). The van der Waals surface area contributed by atoms with Crippen LogP contribution in [-0.2, 0) is 4.74 Å². The van der Waals surface area contributed by atoms with Crippen LogP contribution in [0.4, 0.5) is 5.82 Å². The molecule has 3 rings (SSSR count). The monoisotopic (exact) mass is 319 g/mol. The number of aromatic nitrogens is 1. The van der Waals surface area contributed by atoms with E-state index in [2.05, 4.69) is 26.9 Å². The fourth-order valence-corrected chi connectivity index (χ4v) is 3.25. The molecule has 2 aliphatic rings. The van der Waals surface area contributed by atoms with Crippen LogP contribution in [-0.4, -0.2) is 73.3 Å². The van der Waals surface area contributed by atoms with Gasteiger partial charge in [0.05, 0.1) is 11.6 Å². The average molecular weight is 319 g/mol. The number of rotatable bonds is 4. The average Bonchev–Trinajstić information content (AvgIpc) is 2.58. The van der Waals surface area contributed by atoms with Crippen LogP contribution in [0.3, 0.4) is 0 Å². The number of amides is 1. The molecule has 0 spiro atoms. The number of carbonyl (C=O) groups is 1. The van der Waals surface area contributed by atoms with Crippen molar-refractivity contribution in [1.29, 1.82) is 0 Å². The molecule has 126 valence electrons. The molecule has 0 atom stereocenters. The SMILES string of the molecule is CN1CCN(N(c2ncccc2C(N)=O)C2CCOCC2)CC1. The van der Waals surface area contributed by atoms with Crippen molar-refractivity contribution in [3.05, 3.63) is 23.9 Å². The summed E-state index contributed by atoms with van der Waals surface area (Å²) < 4.78 is 5.50. The lowest BCUT2D eigenvalue weighted by Gasteiger charge is -2.46. The summed E-state index contributed by atoms with van der Waals surface area (Å²) in [5.41, 5.74) is 6.06. The van der Waals surface area contributed by atoms with Crippen molar-refractivity contribution >= 4 is 11.7 Å². The molecule has 2 aliphatic heterocycles. The quantitative estimate of drug-likeness (QED) is 0.862. The molecular weight excluding hydrogens is 294 g/mol. The fraction of sp³-hybridized carbons (Fsp3) is 0.625. The molecule has 2 N–H and O–H groups in total. The summed E-state index contributed by atoms with van der Waals surface area (Å²) in [6, 6.07) is 3.81. The Balaban J connectivity index is 1.93. The molecule has 1 amide bonds. The van der Waals surface area contributed by atoms with Crippen LogP contribution >= 0.6 is 0 Å². The van der Waals surface area contributed by atoms with E-state index < -0.39 is 5.91 Å². The molecular formula is C16H25N5O2. The van der Waals surface area contributed by atoms with Crippen LogP contribution in [0.25, 0.3) is 0 Å². The van der Waals surface area contributed by atoms with Gasteiger partial charge in [-0.2, -0.15) is 0 Å². The van der Waals surface area contributed by atoms with E-state index in [4.69, 9.17) is 10.5 Å². The number of pyridine rings is 1. The van der Waals surface area contributed by atoms with Crippen molar-refractivity contribution in [2.24, 2.45) is 5.73 Å². The Morgan fingerprint density at radius 2 is 2.00 bits per heavy atom. The van der Waals surface area contributed by atoms with E-state index in [0.717, 1.165) is 52.2 Å². The maximum atomic E-state index is 11.8. The van der Waals surface area contributed by atoms with Crippen LogP contribution in [0, 0.1) is 0 Å². The first-order valence-electron chi connectivity index (χ1n) is 8.22. The Hall–Kier alpha value is -1.70. The van der Waals surface area contributed by atoms with Gasteiger partial charge in [0.15, 0.2) is 5.82 Å². The molecule has 0 bridgehead atoms. The predicted octanol–water partition coefficient (Wildman–Crippen LogP) is 0.328. The van der Waals surface area contributed by atoms with Crippen molar-refractivity contribution in [2.75, 3.05) is 51.4 Å². The smallest absolute Gasteiger partial charge is 0.252 e. The highest BCUT2D eigenvalue weighted by Gasteiger charge is 2.31. The fourth-order valence-electron chi connectivity index (χ4n) is 3.25. The highest BCUT2D eigenvalue weighted by atomic mass is 16.5. The van der Waals surface area contributed by atoms with E-state index in [9.17, 15) is 4.79 Å². The lowest BCUT2D eigenvalue weighted by atomic mass is 10.1. The predicted molar refractivity (Wildman–Crippen MR) is 88.1 cm³/mol. The van der Waals surface area contributed by atoms with Crippen molar-refractivity contribution < 1.29 is 9.53 Å². The van der Waals surface area contributed by atoms with Gasteiger partial charge in [0.25, 0.3) is 5.91 Å². The number of carbonyl (C=O) groups excluding carboxylic acids is 1. The summed E-state index contributed by atoms with van der Waals surface area (Å²) in [4.78, 5) is 18.7. The van der Waals surface area contributed by atoms with Gasteiger partial charge in [-0.15, -0.1) is 0 Å². The first-order valence-corrected chi connectivity index (χ1v) is 8.22. The lowest BCUT2D eigenvalue weighted by Crippen LogP contribution is -2.58. The number of ether oxygens (including phenoxy) is 1. The number of piperazine rings is 1. The number of nitrogens with two attached hydrogens (primary N) is 1. The van der Waals surface area contributed by atoms with Crippen LogP contribution in [0.1, 0.15) is 23.2 Å². The highest BCUT2D eigenvalue weighted by molar-refractivity contribution is 5.97. The third-order valence-electron chi connectivity index (χ3n) is 4.59. The molecule has 7 nitrogen and oxygen atoms in total. The van der Waals surface area contributed by atoms with Crippen molar-refractivity contribution in [3.8, 4) is 0 Å². The van der Waals surface area contributed by atoms with E-state index in [-0.39, 0.29) is 0 Å². The van der Waals surface area contributed by atoms with E-state index >= 15 is 0 Å². The van der Waals surface area contributed by atoms with Crippen LogP contribution in [0.2, 0.25) is 0 Å². The summed E-state index contributed by atoms with van der Waals surface area (Å²) in [6.45, 7) is 5.32. The number of primary amides is 1. The van der Waals surface area contributed by atoms with E-state index in [1.807, 2.05) is 0 Å². The van der Waals surface area contributed by atoms with Crippen molar-refractivity contribution in [3.63, 3.8) is 0 Å². The summed E-state index contributed by atoms with van der Waals surface area (Å²) in [5.74, 6) is 0.246. The number of anilines is 1. The number of likely N-dealkylation sites (N-methyl/N-ethyl adjacent to an activating group) is 1. The van der Waals surface area contributed by atoms with Crippen LogP contribution < -0.4 is 10.7 Å². The molecule has 23 heavy (non-hydrogen) atoms. The molecule has 1 aromatic rings. The van der Waals surface area contributed by atoms with E-state index in [1.165, 1.54) is 0 Å². The number of nitrogens with zero attached hydrogens (tertiary/aromatic N) is 4. The maximum Gasteiger partial charge on any atom is 0.252 e. The van der Waals surface area contributed by atoms with Gasteiger partial charge in [-0.3, -0.25) is 9.80 Å². The van der Waals surface area contributed by atoms with Crippen LogP contribution in [0.15, 0.2) is 18.3 Å². The molecule has 2 saturated heterocycles. The van der Waals surface area contributed by atoms with Crippen LogP contribution in [0.5, 0.6) is 0 Å². The third-order valence-corrected chi connectivity index (χ3v) is 4.59. The number of hydrazine groups is 1. The van der Waals surface area contributed by atoms with Gasteiger partial charge >= 0.3 is 0 Å². The van der Waals surface area contributed by atoms with Crippen molar-refractivity contribution in [1.82, 2.24) is 14.9 Å². The van der Waals surface area contributed by atoms with Gasteiger partial charge in [-0.1, -0.05) is 0 Å². The molecule has 1 aromatic heterocycles. The van der Waals surface area contributed by atoms with E-state index in [0.29, 0.717) is 17.4 Å². The largest absolute Gasteiger partial charge is 0.381 e. The van der Waals surface area contributed by atoms with Gasteiger partial charge in [0.2, 0.25) is 0 Å². The second-order valence-electron chi connectivity index (χ2n) is 6.18. The summed E-state index contributed by atoms with van der Waals surface area (Å²) in [5, 5.41) is 4.51. The maximum absolute atomic E-state index is 11.8. The summed E-state index contributed by atoms with van der Waals surface area (Å²) in [6.07, 6.45) is 3.59. The molecule has 3 heterocycles. The summed E-state index contributed by atoms with van der Waals surface area (Å²) in [7, 11) is 2.13. The van der Waals surface area contributed by atoms with Gasteiger partial charge in [-0.05, 0) is 32.0 Å².